The molecule has 0 aromatic carbocycles. The van der Waals surface area contributed by atoms with E-state index in [1.165, 1.54) is 77.0 Å². The molecular formula is C24H43NO. The number of rotatable bonds is 16. The first-order chi connectivity index (χ1) is 12.6. The molecule has 150 valence electrons. The monoisotopic (exact) mass is 361 g/mol. The number of aliphatic imine (C=N–C) groups is 1. The minimum atomic E-state index is 0.00863. The molecule has 0 radical (unpaired) electrons. The van der Waals surface area contributed by atoms with Crippen LogP contribution in [0, 0.1) is 0 Å². The van der Waals surface area contributed by atoms with Gasteiger partial charge in [-0.2, -0.15) is 0 Å². The zero-order valence-electron chi connectivity index (χ0n) is 17.8. The standard InChI is InChI=1S/C24H43NO/c1-4-5-6-7-8-9-10-11-12-13-14-15-16-17-18-19-20-21-23-25-24(2,3)22-26-23/h8-9,11-12H,4-7,10,13-22H2,1-3H3/b9-8+,12-11+. The minimum absolute atomic E-state index is 0.00863. The van der Waals surface area contributed by atoms with Gasteiger partial charge in [0.1, 0.15) is 6.61 Å². The molecular weight excluding hydrogens is 318 g/mol. The molecule has 0 atom stereocenters. The summed E-state index contributed by atoms with van der Waals surface area (Å²) in [4.78, 5) is 4.62. The van der Waals surface area contributed by atoms with Crippen molar-refractivity contribution in [2.75, 3.05) is 6.61 Å². The third-order valence-electron chi connectivity index (χ3n) is 4.86. The second kappa shape index (κ2) is 15.1. The molecule has 0 N–H and O–H groups in total. The zero-order chi connectivity index (χ0) is 18.9. The van der Waals surface area contributed by atoms with Crippen LogP contribution in [0.5, 0.6) is 0 Å². The summed E-state index contributed by atoms with van der Waals surface area (Å²) >= 11 is 0. The predicted octanol–water partition coefficient (Wildman–Crippen LogP) is 7.79. The number of unbranched alkanes of at least 4 members (excludes halogenated alkanes) is 10. The van der Waals surface area contributed by atoms with E-state index < -0.39 is 0 Å². The summed E-state index contributed by atoms with van der Waals surface area (Å²) < 4.78 is 5.64. The topological polar surface area (TPSA) is 21.6 Å². The highest BCUT2D eigenvalue weighted by Crippen LogP contribution is 2.20. The van der Waals surface area contributed by atoms with Crippen molar-refractivity contribution < 1.29 is 4.74 Å². The number of hydrogen-bond donors (Lipinski definition) is 0. The van der Waals surface area contributed by atoms with Crippen molar-refractivity contribution in [2.24, 2.45) is 4.99 Å². The van der Waals surface area contributed by atoms with Gasteiger partial charge in [-0.3, -0.25) is 0 Å². The molecule has 0 amide bonds. The van der Waals surface area contributed by atoms with Crippen LogP contribution >= 0.6 is 0 Å². The molecule has 0 saturated carbocycles. The minimum Gasteiger partial charge on any atom is -0.478 e. The Balaban J connectivity index is 1.80. The maximum absolute atomic E-state index is 5.64. The maximum atomic E-state index is 5.64. The third kappa shape index (κ3) is 13.2. The van der Waals surface area contributed by atoms with Crippen molar-refractivity contribution in [3.05, 3.63) is 24.3 Å². The Morgan fingerprint density at radius 2 is 1.38 bits per heavy atom. The Kier molecular flexibility index (Phi) is 13.3. The molecule has 0 saturated heterocycles. The summed E-state index contributed by atoms with van der Waals surface area (Å²) in [5.74, 6) is 0.984. The highest BCUT2D eigenvalue weighted by Gasteiger charge is 2.25. The Morgan fingerprint density at radius 3 is 1.96 bits per heavy atom. The van der Waals surface area contributed by atoms with Gasteiger partial charge >= 0.3 is 0 Å². The first kappa shape index (κ1) is 23.0. The number of allylic oxidation sites excluding steroid dienone is 4. The van der Waals surface area contributed by atoms with Crippen LogP contribution in [0.3, 0.4) is 0 Å². The largest absolute Gasteiger partial charge is 0.478 e. The van der Waals surface area contributed by atoms with Crippen LogP contribution in [0.2, 0.25) is 0 Å². The van der Waals surface area contributed by atoms with Crippen molar-refractivity contribution >= 4 is 5.90 Å². The van der Waals surface area contributed by atoms with Gasteiger partial charge in [-0.05, 0) is 52.4 Å². The van der Waals surface area contributed by atoms with Crippen LogP contribution in [0.4, 0.5) is 0 Å². The molecule has 0 spiro atoms. The molecule has 26 heavy (non-hydrogen) atoms. The second-order valence-electron chi connectivity index (χ2n) is 8.29. The average Bonchev–Trinajstić information content (AvgIpc) is 2.96. The van der Waals surface area contributed by atoms with E-state index in [-0.39, 0.29) is 5.54 Å². The molecule has 0 bridgehead atoms. The van der Waals surface area contributed by atoms with Crippen molar-refractivity contribution in [2.45, 2.75) is 116 Å². The summed E-state index contributed by atoms with van der Waals surface area (Å²) in [6.45, 7) is 7.29. The SMILES string of the molecule is CCCCC/C=C/C/C=C/CCCCCCCCCC1=NC(C)(C)CO1. The lowest BCUT2D eigenvalue weighted by atomic mass is 10.1. The van der Waals surface area contributed by atoms with Gasteiger partial charge in [0, 0.05) is 6.42 Å². The molecule has 1 aliphatic heterocycles. The first-order valence-electron chi connectivity index (χ1n) is 11.2. The van der Waals surface area contributed by atoms with Crippen molar-refractivity contribution in [3.63, 3.8) is 0 Å². The lowest BCUT2D eigenvalue weighted by Gasteiger charge is -2.07. The lowest BCUT2D eigenvalue weighted by molar-refractivity contribution is 0.273. The number of nitrogens with zero attached hydrogens (tertiary/aromatic N) is 1. The highest BCUT2D eigenvalue weighted by molar-refractivity contribution is 5.78. The summed E-state index contributed by atoms with van der Waals surface area (Å²) in [6.07, 6.45) is 27.4. The Bertz CT molecular complexity index is 420. The van der Waals surface area contributed by atoms with Crippen LogP contribution in [0.1, 0.15) is 111 Å². The Morgan fingerprint density at radius 1 is 0.808 bits per heavy atom. The van der Waals surface area contributed by atoms with Gasteiger partial charge in [0.2, 0.25) is 0 Å². The lowest BCUT2D eigenvalue weighted by Crippen LogP contribution is -2.17. The fraction of sp³-hybridized carbons (Fsp3) is 0.792. The fourth-order valence-corrected chi connectivity index (χ4v) is 3.23. The molecule has 2 heteroatoms. The molecule has 1 heterocycles. The van der Waals surface area contributed by atoms with E-state index in [1.807, 2.05) is 0 Å². The van der Waals surface area contributed by atoms with Crippen LogP contribution in [-0.2, 0) is 4.74 Å². The highest BCUT2D eigenvalue weighted by atomic mass is 16.5. The van der Waals surface area contributed by atoms with Gasteiger partial charge < -0.3 is 4.74 Å². The summed E-state index contributed by atoms with van der Waals surface area (Å²) in [7, 11) is 0. The Hall–Kier alpha value is -1.05. The van der Waals surface area contributed by atoms with Gasteiger partial charge in [-0.1, -0.05) is 76.2 Å². The first-order valence-corrected chi connectivity index (χ1v) is 11.2. The van der Waals surface area contributed by atoms with E-state index in [1.54, 1.807) is 0 Å². The smallest absolute Gasteiger partial charge is 0.183 e. The van der Waals surface area contributed by atoms with Crippen LogP contribution < -0.4 is 0 Å². The van der Waals surface area contributed by atoms with Crippen LogP contribution in [0.15, 0.2) is 29.3 Å². The zero-order valence-corrected chi connectivity index (χ0v) is 17.8. The Labute approximate surface area is 163 Å². The van der Waals surface area contributed by atoms with Gasteiger partial charge in [0.05, 0.1) is 5.54 Å². The van der Waals surface area contributed by atoms with E-state index in [0.717, 1.165) is 25.3 Å². The normalized spacial score (nSPS) is 16.5. The molecule has 0 fully saturated rings. The molecule has 2 nitrogen and oxygen atoms in total. The van der Waals surface area contributed by atoms with E-state index in [4.69, 9.17) is 4.74 Å². The van der Waals surface area contributed by atoms with Crippen molar-refractivity contribution in [1.82, 2.24) is 0 Å². The molecule has 1 rings (SSSR count). The molecule has 1 aliphatic rings. The van der Waals surface area contributed by atoms with Gasteiger partial charge in [-0.15, -0.1) is 0 Å². The number of ether oxygens (including phenoxy) is 1. The third-order valence-corrected chi connectivity index (χ3v) is 4.86. The van der Waals surface area contributed by atoms with E-state index >= 15 is 0 Å². The van der Waals surface area contributed by atoms with E-state index in [9.17, 15) is 0 Å². The molecule has 0 aliphatic carbocycles. The molecule has 0 aromatic heterocycles. The summed E-state index contributed by atoms with van der Waals surface area (Å²) in [5, 5.41) is 0. The quantitative estimate of drug-likeness (QED) is 0.203. The summed E-state index contributed by atoms with van der Waals surface area (Å²) in [6, 6.07) is 0. The fourth-order valence-electron chi connectivity index (χ4n) is 3.23. The van der Waals surface area contributed by atoms with E-state index in [2.05, 4.69) is 50.1 Å². The molecule has 0 aromatic rings. The van der Waals surface area contributed by atoms with Gasteiger partial charge in [0.15, 0.2) is 5.90 Å². The second-order valence-corrected chi connectivity index (χ2v) is 8.29. The van der Waals surface area contributed by atoms with E-state index in [0.29, 0.717) is 0 Å². The summed E-state index contributed by atoms with van der Waals surface area (Å²) in [5.41, 5.74) is 0.00863. The average molecular weight is 362 g/mol. The molecule has 0 unspecified atom stereocenters. The van der Waals surface area contributed by atoms with Gasteiger partial charge in [-0.25, -0.2) is 4.99 Å². The predicted molar refractivity (Wildman–Crippen MR) is 116 cm³/mol. The van der Waals surface area contributed by atoms with Crippen LogP contribution in [-0.4, -0.2) is 18.0 Å². The number of hydrogen-bond acceptors (Lipinski definition) is 2. The maximum Gasteiger partial charge on any atom is 0.183 e. The van der Waals surface area contributed by atoms with Gasteiger partial charge in [0.25, 0.3) is 0 Å². The van der Waals surface area contributed by atoms with Crippen LogP contribution in [0.25, 0.3) is 0 Å². The van der Waals surface area contributed by atoms with Crippen molar-refractivity contribution in [3.8, 4) is 0 Å². The van der Waals surface area contributed by atoms with Crippen molar-refractivity contribution in [1.29, 1.82) is 0 Å².